The van der Waals surface area contributed by atoms with Crippen LogP contribution in [0, 0.1) is 11.8 Å². The predicted molar refractivity (Wildman–Crippen MR) is 79.3 cm³/mol. The van der Waals surface area contributed by atoms with Crippen LogP contribution in [-0.4, -0.2) is 12.6 Å². The van der Waals surface area contributed by atoms with Gasteiger partial charge in [-0.05, 0) is 42.5 Å². The zero-order chi connectivity index (χ0) is 12.8. The average Bonchev–Trinajstić information content (AvgIpc) is 2.26. The van der Waals surface area contributed by atoms with Crippen LogP contribution in [0.25, 0.3) is 0 Å². The highest BCUT2D eigenvalue weighted by Gasteiger charge is 2.14. The van der Waals surface area contributed by atoms with Crippen molar-refractivity contribution in [1.29, 1.82) is 0 Å². The lowest BCUT2D eigenvalue weighted by atomic mass is 9.89. The lowest BCUT2D eigenvalue weighted by Gasteiger charge is -2.23. The normalized spacial score (nSPS) is 13.4. The molecule has 0 amide bonds. The van der Waals surface area contributed by atoms with E-state index in [1.54, 1.807) is 0 Å². The van der Waals surface area contributed by atoms with Crippen molar-refractivity contribution in [1.82, 2.24) is 5.32 Å². The van der Waals surface area contributed by atoms with Gasteiger partial charge in [-0.3, -0.25) is 0 Å². The summed E-state index contributed by atoms with van der Waals surface area (Å²) in [7, 11) is 0. The van der Waals surface area contributed by atoms with E-state index in [0.29, 0.717) is 17.9 Å². The summed E-state index contributed by atoms with van der Waals surface area (Å²) in [6, 6.07) is 9.26. The first-order valence-electron chi connectivity index (χ1n) is 6.47. The van der Waals surface area contributed by atoms with Crippen molar-refractivity contribution in [2.24, 2.45) is 11.8 Å². The first-order valence-corrected chi connectivity index (χ1v) is 7.26. The first kappa shape index (κ1) is 14.7. The molecule has 1 atom stereocenters. The minimum atomic E-state index is 0.571. The molecule has 0 saturated carbocycles. The third-order valence-electron chi connectivity index (χ3n) is 3.14. The van der Waals surface area contributed by atoms with Crippen molar-refractivity contribution in [3.05, 3.63) is 34.3 Å². The average molecular weight is 298 g/mol. The molecule has 17 heavy (non-hydrogen) atoms. The lowest BCUT2D eigenvalue weighted by molar-refractivity contribution is 0.349. The summed E-state index contributed by atoms with van der Waals surface area (Å²) in [5.74, 6) is 1.42. The Labute approximate surface area is 114 Å². The molecule has 2 heteroatoms. The minimum Gasteiger partial charge on any atom is -0.314 e. The van der Waals surface area contributed by atoms with Crippen molar-refractivity contribution in [3.8, 4) is 0 Å². The number of hydrogen-bond donors (Lipinski definition) is 1. The number of halogens is 1. The highest BCUT2D eigenvalue weighted by Crippen LogP contribution is 2.18. The summed E-state index contributed by atoms with van der Waals surface area (Å²) in [5, 5.41) is 3.55. The van der Waals surface area contributed by atoms with Gasteiger partial charge in [0.25, 0.3) is 0 Å². The number of nitrogens with one attached hydrogen (secondary N) is 1. The molecule has 1 nitrogen and oxygen atoms in total. The molecule has 1 rings (SSSR count). The van der Waals surface area contributed by atoms with Crippen LogP contribution in [0.15, 0.2) is 28.7 Å². The smallest absolute Gasteiger partial charge is 0.0175 e. The maximum absolute atomic E-state index is 3.55. The predicted octanol–water partition coefficient (Wildman–Crippen LogP) is 4.26. The summed E-state index contributed by atoms with van der Waals surface area (Å²) in [6.45, 7) is 10.1. The first-order chi connectivity index (χ1) is 7.99. The van der Waals surface area contributed by atoms with Crippen molar-refractivity contribution in [2.75, 3.05) is 6.54 Å². The second-order valence-corrected chi connectivity index (χ2v) is 6.31. The SMILES string of the molecule is CC(C)NCC(Cc1ccc(Br)cc1)C(C)C. The van der Waals surface area contributed by atoms with Crippen molar-refractivity contribution >= 4 is 15.9 Å². The fourth-order valence-electron chi connectivity index (χ4n) is 1.85. The van der Waals surface area contributed by atoms with E-state index in [4.69, 9.17) is 0 Å². The Kier molecular flexibility index (Phi) is 6.21. The third-order valence-corrected chi connectivity index (χ3v) is 3.67. The van der Waals surface area contributed by atoms with Crippen LogP contribution in [0.4, 0.5) is 0 Å². The zero-order valence-electron chi connectivity index (χ0n) is 11.3. The van der Waals surface area contributed by atoms with Crippen LogP contribution in [0.2, 0.25) is 0 Å². The van der Waals surface area contributed by atoms with Gasteiger partial charge >= 0.3 is 0 Å². The molecule has 1 aromatic carbocycles. The third kappa shape index (κ3) is 5.69. The van der Waals surface area contributed by atoms with E-state index in [1.807, 2.05) is 0 Å². The van der Waals surface area contributed by atoms with Gasteiger partial charge in [-0.15, -0.1) is 0 Å². The van der Waals surface area contributed by atoms with Crippen molar-refractivity contribution < 1.29 is 0 Å². The highest BCUT2D eigenvalue weighted by molar-refractivity contribution is 9.10. The van der Waals surface area contributed by atoms with E-state index in [2.05, 4.69) is 73.2 Å². The molecule has 0 aliphatic heterocycles. The Morgan fingerprint density at radius 1 is 1.06 bits per heavy atom. The molecule has 0 saturated heterocycles. The number of rotatable bonds is 6. The Balaban J connectivity index is 2.57. The van der Waals surface area contributed by atoms with Crippen LogP contribution >= 0.6 is 15.9 Å². The van der Waals surface area contributed by atoms with Gasteiger partial charge in [-0.25, -0.2) is 0 Å². The van der Waals surface area contributed by atoms with E-state index < -0.39 is 0 Å². The Hall–Kier alpha value is -0.340. The Morgan fingerprint density at radius 3 is 2.12 bits per heavy atom. The van der Waals surface area contributed by atoms with Crippen molar-refractivity contribution in [3.63, 3.8) is 0 Å². The maximum atomic E-state index is 3.55. The van der Waals surface area contributed by atoms with E-state index in [9.17, 15) is 0 Å². The highest BCUT2D eigenvalue weighted by atomic mass is 79.9. The molecule has 0 bridgehead atoms. The van der Waals surface area contributed by atoms with E-state index in [-0.39, 0.29) is 0 Å². The second-order valence-electron chi connectivity index (χ2n) is 5.40. The molecule has 1 N–H and O–H groups in total. The Morgan fingerprint density at radius 2 is 1.65 bits per heavy atom. The molecule has 0 radical (unpaired) electrons. The fraction of sp³-hybridized carbons (Fsp3) is 0.600. The molecule has 96 valence electrons. The quantitative estimate of drug-likeness (QED) is 0.827. The molecule has 0 spiro atoms. The lowest BCUT2D eigenvalue weighted by Crippen LogP contribution is -2.32. The molecule has 0 aliphatic carbocycles. The van der Waals surface area contributed by atoms with Gasteiger partial charge in [-0.2, -0.15) is 0 Å². The van der Waals surface area contributed by atoms with Crippen LogP contribution < -0.4 is 5.32 Å². The molecule has 0 heterocycles. The minimum absolute atomic E-state index is 0.571. The van der Waals surface area contributed by atoms with Crippen LogP contribution in [0.1, 0.15) is 33.3 Å². The monoisotopic (exact) mass is 297 g/mol. The van der Waals surface area contributed by atoms with E-state index in [0.717, 1.165) is 17.4 Å². The molecule has 0 aliphatic rings. The molecule has 1 aromatic rings. The summed E-state index contributed by atoms with van der Waals surface area (Å²) < 4.78 is 1.16. The number of hydrogen-bond acceptors (Lipinski definition) is 1. The summed E-state index contributed by atoms with van der Waals surface area (Å²) >= 11 is 3.48. The fourth-order valence-corrected chi connectivity index (χ4v) is 2.12. The van der Waals surface area contributed by atoms with Gasteiger partial charge in [0.1, 0.15) is 0 Å². The van der Waals surface area contributed by atoms with Gasteiger partial charge in [-0.1, -0.05) is 55.8 Å². The second kappa shape index (κ2) is 7.17. The largest absolute Gasteiger partial charge is 0.314 e. The maximum Gasteiger partial charge on any atom is 0.0175 e. The van der Waals surface area contributed by atoms with Gasteiger partial charge in [0.05, 0.1) is 0 Å². The number of benzene rings is 1. The molecular formula is C15H24BrN. The standard InChI is InChI=1S/C15H24BrN/c1-11(2)14(10-17-12(3)4)9-13-5-7-15(16)8-6-13/h5-8,11-12,14,17H,9-10H2,1-4H3. The van der Waals surface area contributed by atoms with Crippen LogP contribution in [0.3, 0.4) is 0 Å². The molecule has 0 fully saturated rings. The topological polar surface area (TPSA) is 12.0 Å². The Bertz CT molecular complexity index is 316. The molecule has 1 unspecified atom stereocenters. The zero-order valence-corrected chi connectivity index (χ0v) is 12.9. The van der Waals surface area contributed by atoms with Crippen molar-refractivity contribution in [2.45, 2.75) is 40.2 Å². The van der Waals surface area contributed by atoms with Gasteiger partial charge in [0.15, 0.2) is 0 Å². The van der Waals surface area contributed by atoms with Gasteiger partial charge in [0.2, 0.25) is 0 Å². The van der Waals surface area contributed by atoms with Crippen LogP contribution in [0.5, 0.6) is 0 Å². The molecular weight excluding hydrogens is 274 g/mol. The van der Waals surface area contributed by atoms with Crippen LogP contribution in [-0.2, 0) is 6.42 Å². The van der Waals surface area contributed by atoms with E-state index in [1.165, 1.54) is 5.56 Å². The summed E-state index contributed by atoms with van der Waals surface area (Å²) in [4.78, 5) is 0. The summed E-state index contributed by atoms with van der Waals surface area (Å²) in [5.41, 5.74) is 1.43. The molecule has 0 aromatic heterocycles. The van der Waals surface area contributed by atoms with E-state index >= 15 is 0 Å². The van der Waals surface area contributed by atoms with Gasteiger partial charge < -0.3 is 5.32 Å². The van der Waals surface area contributed by atoms with Gasteiger partial charge in [0, 0.05) is 10.5 Å². The summed E-state index contributed by atoms with van der Waals surface area (Å²) in [6.07, 6.45) is 1.16.